The highest BCUT2D eigenvalue weighted by atomic mass is 32.1. The Hall–Kier alpha value is -1.16. The van der Waals surface area contributed by atoms with Gasteiger partial charge in [0.25, 0.3) is 0 Å². The Bertz CT molecular complexity index is 517. The monoisotopic (exact) mass is 287 g/mol. The molecule has 3 heteroatoms. The maximum Gasteiger partial charge on any atom is 0.0506 e. The molecule has 0 saturated carbocycles. The molecule has 1 fully saturated rings. The smallest absolute Gasteiger partial charge is 0.0506 e. The van der Waals surface area contributed by atoms with Gasteiger partial charge in [-0.05, 0) is 41.3 Å². The van der Waals surface area contributed by atoms with Gasteiger partial charge in [-0.3, -0.25) is 0 Å². The van der Waals surface area contributed by atoms with Crippen LogP contribution in [0.2, 0.25) is 0 Å². The van der Waals surface area contributed by atoms with E-state index in [2.05, 4.69) is 47.1 Å². The predicted octanol–water partition coefficient (Wildman–Crippen LogP) is 3.93. The lowest BCUT2D eigenvalue weighted by Gasteiger charge is -2.22. The molecular weight excluding hydrogens is 266 g/mol. The zero-order valence-corrected chi connectivity index (χ0v) is 12.5. The minimum Gasteiger partial charge on any atom is -0.381 e. The number of hydrogen-bond acceptors (Lipinski definition) is 3. The van der Waals surface area contributed by atoms with Crippen LogP contribution >= 0.6 is 11.3 Å². The van der Waals surface area contributed by atoms with Crippen molar-refractivity contribution >= 4 is 11.3 Å². The summed E-state index contributed by atoms with van der Waals surface area (Å²) in [5.41, 5.74) is 2.63. The second-order valence-corrected chi connectivity index (χ2v) is 6.38. The van der Waals surface area contributed by atoms with E-state index in [9.17, 15) is 0 Å². The van der Waals surface area contributed by atoms with Crippen LogP contribution in [0.5, 0.6) is 0 Å². The first kappa shape index (κ1) is 13.8. The number of ether oxygens (including phenoxy) is 1. The maximum absolute atomic E-state index is 5.51. The highest BCUT2D eigenvalue weighted by molar-refractivity contribution is 7.10. The lowest BCUT2D eigenvalue weighted by atomic mass is 10.0. The molecule has 2 nitrogen and oxygen atoms in total. The standard InChI is InChI=1S/C17H21NOS/c1-2-6-15(7-3-1)16-9-17(20-13-16)11-18-10-14-5-4-8-19-12-14/h1-3,6-7,9,13-14,18H,4-5,8,10-12H2. The van der Waals surface area contributed by atoms with Gasteiger partial charge in [0.05, 0.1) is 6.61 Å². The van der Waals surface area contributed by atoms with Crippen molar-refractivity contribution in [3.05, 3.63) is 46.7 Å². The molecule has 1 aromatic heterocycles. The molecule has 1 aromatic carbocycles. The van der Waals surface area contributed by atoms with Crippen molar-refractivity contribution in [1.29, 1.82) is 0 Å². The number of hydrogen-bond donors (Lipinski definition) is 1. The quantitative estimate of drug-likeness (QED) is 0.899. The summed E-state index contributed by atoms with van der Waals surface area (Å²) in [6.07, 6.45) is 2.51. The third-order valence-corrected chi connectivity index (χ3v) is 4.68. The average molecular weight is 287 g/mol. The summed E-state index contributed by atoms with van der Waals surface area (Å²) in [6.45, 7) is 3.90. The topological polar surface area (TPSA) is 21.3 Å². The van der Waals surface area contributed by atoms with Crippen molar-refractivity contribution in [2.24, 2.45) is 5.92 Å². The van der Waals surface area contributed by atoms with Crippen LogP contribution in [0.1, 0.15) is 17.7 Å². The van der Waals surface area contributed by atoms with E-state index in [0.717, 1.165) is 26.3 Å². The van der Waals surface area contributed by atoms with Gasteiger partial charge in [-0.1, -0.05) is 30.3 Å². The summed E-state index contributed by atoms with van der Waals surface area (Å²) in [7, 11) is 0. The van der Waals surface area contributed by atoms with E-state index >= 15 is 0 Å². The number of benzene rings is 1. The zero-order chi connectivity index (χ0) is 13.6. The van der Waals surface area contributed by atoms with Gasteiger partial charge >= 0.3 is 0 Å². The summed E-state index contributed by atoms with van der Waals surface area (Å²) >= 11 is 1.84. The maximum atomic E-state index is 5.51. The van der Waals surface area contributed by atoms with Crippen LogP contribution in [0.15, 0.2) is 41.8 Å². The van der Waals surface area contributed by atoms with Gasteiger partial charge in [0.2, 0.25) is 0 Å². The Kier molecular flexibility index (Phi) is 4.85. The molecule has 1 saturated heterocycles. The molecular formula is C17H21NOS. The predicted molar refractivity (Wildman–Crippen MR) is 85.0 cm³/mol. The fourth-order valence-corrected chi connectivity index (χ4v) is 3.49. The van der Waals surface area contributed by atoms with Gasteiger partial charge in [-0.2, -0.15) is 0 Å². The molecule has 1 atom stereocenters. The molecule has 1 unspecified atom stereocenters. The SMILES string of the molecule is c1ccc(-c2csc(CNCC3CCCOC3)c2)cc1. The second-order valence-electron chi connectivity index (χ2n) is 5.38. The lowest BCUT2D eigenvalue weighted by Crippen LogP contribution is -2.28. The second kappa shape index (κ2) is 7.02. The van der Waals surface area contributed by atoms with Crippen molar-refractivity contribution in [3.63, 3.8) is 0 Å². The summed E-state index contributed by atoms with van der Waals surface area (Å²) in [4.78, 5) is 1.40. The molecule has 2 heterocycles. The van der Waals surface area contributed by atoms with Gasteiger partial charge in [0.15, 0.2) is 0 Å². The minimum atomic E-state index is 0.692. The van der Waals surface area contributed by atoms with E-state index < -0.39 is 0 Å². The number of thiophene rings is 1. The third kappa shape index (κ3) is 3.69. The van der Waals surface area contributed by atoms with Crippen LogP contribution in [-0.4, -0.2) is 19.8 Å². The Balaban J connectivity index is 1.50. The van der Waals surface area contributed by atoms with Gasteiger partial charge in [-0.25, -0.2) is 0 Å². The summed E-state index contributed by atoms with van der Waals surface area (Å²) in [6, 6.07) is 12.9. The molecule has 0 spiro atoms. The molecule has 0 radical (unpaired) electrons. The molecule has 1 N–H and O–H groups in total. The lowest BCUT2D eigenvalue weighted by molar-refractivity contribution is 0.0548. The molecule has 0 amide bonds. The van der Waals surface area contributed by atoms with Crippen LogP contribution in [-0.2, 0) is 11.3 Å². The molecule has 2 aromatic rings. The summed E-state index contributed by atoms with van der Waals surface area (Å²) in [5, 5.41) is 5.81. The molecule has 1 aliphatic rings. The average Bonchev–Trinajstić information content (AvgIpc) is 2.98. The first-order chi connectivity index (χ1) is 9.92. The summed E-state index contributed by atoms with van der Waals surface area (Å²) < 4.78 is 5.51. The molecule has 3 rings (SSSR count). The van der Waals surface area contributed by atoms with Crippen molar-refractivity contribution in [1.82, 2.24) is 5.32 Å². The first-order valence-electron chi connectivity index (χ1n) is 7.33. The van der Waals surface area contributed by atoms with Crippen molar-refractivity contribution in [2.75, 3.05) is 19.8 Å². The largest absolute Gasteiger partial charge is 0.381 e. The highest BCUT2D eigenvalue weighted by Gasteiger charge is 2.13. The Labute approximate surface area is 124 Å². The Morgan fingerprint density at radius 1 is 1.20 bits per heavy atom. The third-order valence-electron chi connectivity index (χ3n) is 3.75. The van der Waals surface area contributed by atoms with Crippen molar-refractivity contribution in [2.45, 2.75) is 19.4 Å². The van der Waals surface area contributed by atoms with Crippen LogP contribution < -0.4 is 5.32 Å². The minimum absolute atomic E-state index is 0.692. The van der Waals surface area contributed by atoms with E-state index in [-0.39, 0.29) is 0 Å². The van der Waals surface area contributed by atoms with Gasteiger partial charge in [-0.15, -0.1) is 11.3 Å². The Morgan fingerprint density at radius 2 is 2.10 bits per heavy atom. The molecule has 1 aliphatic heterocycles. The number of nitrogens with one attached hydrogen (secondary N) is 1. The Morgan fingerprint density at radius 3 is 2.90 bits per heavy atom. The van der Waals surface area contributed by atoms with E-state index in [1.165, 1.54) is 28.8 Å². The van der Waals surface area contributed by atoms with Gasteiger partial charge in [0, 0.05) is 24.6 Å². The van der Waals surface area contributed by atoms with Crippen LogP contribution in [0, 0.1) is 5.92 Å². The number of rotatable bonds is 5. The molecule has 0 bridgehead atoms. The van der Waals surface area contributed by atoms with Gasteiger partial charge < -0.3 is 10.1 Å². The van der Waals surface area contributed by atoms with E-state index in [4.69, 9.17) is 4.74 Å². The van der Waals surface area contributed by atoms with Crippen LogP contribution in [0.25, 0.3) is 11.1 Å². The molecule has 20 heavy (non-hydrogen) atoms. The molecule has 0 aliphatic carbocycles. The van der Waals surface area contributed by atoms with E-state index in [0.29, 0.717) is 5.92 Å². The van der Waals surface area contributed by atoms with Crippen LogP contribution in [0.4, 0.5) is 0 Å². The normalized spacial score (nSPS) is 19.1. The fourth-order valence-electron chi connectivity index (χ4n) is 2.62. The van der Waals surface area contributed by atoms with E-state index in [1.807, 2.05) is 11.3 Å². The van der Waals surface area contributed by atoms with Crippen LogP contribution in [0.3, 0.4) is 0 Å². The highest BCUT2D eigenvalue weighted by Crippen LogP contribution is 2.25. The van der Waals surface area contributed by atoms with Crippen molar-refractivity contribution in [3.8, 4) is 11.1 Å². The van der Waals surface area contributed by atoms with E-state index in [1.54, 1.807) is 0 Å². The summed E-state index contributed by atoms with van der Waals surface area (Å²) in [5.74, 6) is 0.692. The van der Waals surface area contributed by atoms with Crippen molar-refractivity contribution < 1.29 is 4.74 Å². The molecule has 106 valence electrons. The fraction of sp³-hybridized carbons (Fsp3) is 0.412. The first-order valence-corrected chi connectivity index (χ1v) is 8.21. The van der Waals surface area contributed by atoms with Gasteiger partial charge in [0.1, 0.15) is 0 Å². The zero-order valence-electron chi connectivity index (χ0n) is 11.7.